The first-order chi connectivity index (χ1) is 13.9. The van der Waals surface area contributed by atoms with E-state index in [0.29, 0.717) is 18.0 Å². The molecule has 2 aromatic carbocycles. The SMILES string of the molecule is Cc1ccc(C)c(S(=O)(=O)N2CCC3(CC2)Nc2ccccc2-n2cccc23)c1. The highest BCUT2D eigenvalue weighted by molar-refractivity contribution is 7.89. The van der Waals surface area contributed by atoms with Gasteiger partial charge in [-0.1, -0.05) is 24.3 Å². The van der Waals surface area contributed by atoms with E-state index in [1.165, 1.54) is 5.69 Å². The van der Waals surface area contributed by atoms with Crippen LogP contribution in [0, 0.1) is 13.8 Å². The smallest absolute Gasteiger partial charge is 0.243 e. The zero-order valence-electron chi connectivity index (χ0n) is 16.7. The van der Waals surface area contributed by atoms with Gasteiger partial charge in [0.05, 0.1) is 21.8 Å². The fourth-order valence-electron chi connectivity index (χ4n) is 4.71. The number of benzene rings is 2. The van der Waals surface area contributed by atoms with Gasteiger partial charge in [-0.3, -0.25) is 0 Å². The fourth-order valence-corrected chi connectivity index (χ4v) is 6.46. The van der Waals surface area contributed by atoms with Crippen LogP contribution in [0.4, 0.5) is 5.69 Å². The van der Waals surface area contributed by atoms with E-state index < -0.39 is 10.0 Å². The van der Waals surface area contributed by atoms with Crippen LogP contribution in [0.15, 0.2) is 65.7 Å². The van der Waals surface area contributed by atoms with Crippen molar-refractivity contribution in [2.75, 3.05) is 18.4 Å². The Morgan fingerprint density at radius 3 is 2.52 bits per heavy atom. The lowest BCUT2D eigenvalue weighted by Crippen LogP contribution is -2.51. The second-order valence-electron chi connectivity index (χ2n) is 8.16. The number of piperidine rings is 1. The summed E-state index contributed by atoms with van der Waals surface area (Å²) in [5.74, 6) is 0. The van der Waals surface area contributed by atoms with Crippen molar-refractivity contribution in [3.8, 4) is 5.69 Å². The second-order valence-corrected chi connectivity index (χ2v) is 10.1. The molecule has 0 unspecified atom stereocenters. The molecule has 3 heterocycles. The maximum atomic E-state index is 13.3. The normalized spacial score (nSPS) is 18.1. The van der Waals surface area contributed by atoms with Crippen LogP contribution in [-0.4, -0.2) is 30.4 Å². The van der Waals surface area contributed by atoms with Gasteiger partial charge in [-0.2, -0.15) is 4.31 Å². The standard InChI is InChI=1S/C23H25N3O2S/c1-17-9-10-18(2)21(16-17)29(27,28)25-14-11-23(12-15-25)22-8-5-13-26(22)20-7-4-3-6-19(20)24-23/h3-10,13,16,24H,11-12,14-15H2,1-2H3. The molecule has 0 radical (unpaired) electrons. The Kier molecular flexibility index (Phi) is 4.12. The van der Waals surface area contributed by atoms with Crippen molar-refractivity contribution in [2.24, 2.45) is 0 Å². The Bertz CT molecular complexity index is 1190. The Morgan fingerprint density at radius 1 is 0.966 bits per heavy atom. The van der Waals surface area contributed by atoms with E-state index in [1.807, 2.05) is 38.1 Å². The summed E-state index contributed by atoms with van der Waals surface area (Å²) in [4.78, 5) is 0.429. The number of aromatic nitrogens is 1. The van der Waals surface area contributed by atoms with Crippen molar-refractivity contribution in [1.82, 2.24) is 8.87 Å². The summed E-state index contributed by atoms with van der Waals surface area (Å²) in [5, 5.41) is 3.74. The number of fused-ring (bicyclic) bond motifs is 4. The molecule has 1 fully saturated rings. The number of hydrogen-bond acceptors (Lipinski definition) is 3. The van der Waals surface area contributed by atoms with Gasteiger partial charge >= 0.3 is 0 Å². The number of hydrogen-bond donors (Lipinski definition) is 1. The molecule has 5 rings (SSSR count). The molecule has 0 bridgehead atoms. The fraction of sp³-hybridized carbons (Fsp3) is 0.304. The number of aryl methyl sites for hydroxylation is 2. The van der Waals surface area contributed by atoms with Crippen LogP contribution in [0.3, 0.4) is 0 Å². The van der Waals surface area contributed by atoms with Crippen LogP contribution >= 0.6 is 0 Å². The molecule has 0 atom stereocenters. The summed E-state index contributed by atoms with van der Waals surface area (Å²) < 4.78 is 30.5. The summed E-state index contributed by atoms with van der Waals surface area (Å²) in [6, 6.07) is 18.1. The first-order valence-electron chi connectivity index (χ1n) is 10.0. The average molecular weight is 408 g/mol. The molecule has 2 aliphatic rings. The van der Waals surface area contributed by atoms with Crippen LogP contribution in [0.25, 0.3) is 5.69 Å². The quantitative estimate of drug-likeness (QED) is 0.693. The van der Waals surface area contributed by atoms with Gasteiger partial charge in [0.2, 0.25) is 10.0 Å². The number of nitrogens with one attached hydrogen (secondary N) is 1. The highest BCUT2D eigenvalue weighted by atomic mass is 32.2. The zero-order valence-corrected chi connectivity index (χ0v) is 17.5. The van der Waals surface area contributed by atoms with Gasteiger partial charge in [0.1, 0.15) is 0 Å². The molecule has 6 heteroatoms. The van der Waals surface area contributed by atoms with Crippen molar-refractivity contribution >= 4 is 15.7 Å². The van der Waals surface area contributed by atoms with E-state index in [-0.39, 0.29) is 5.54 Å². The molecule has 1 N–H and O–H groups in total. The number of anilines is 1. The van der Waals surface area contributed by atoms with Gasteiger partial charge in [0, 0.05) is 25.0 Å². The van der Waals surface area contributed by atoms with Gasteiger partial charge in [-0.15, -0.1) is 0 Å². The molecule has 0 aliphatic carbocycles. The summed E-state index contributed by atoms with van der Waals surface area (Å²) in [6.07, 6.45) is 3.56. The van der Waals surface area contributed by atoms with Crippen LogP contribution in [-0.2, 0) is 15.6 Å². The third-order valence-corrected chi connectivity index (χ3v) is 8.35. The molecule has 29 heavy (non-hydrogen) atoms. The van der Waals surface area contributed by atoms with Gasteiger partial charge in [-0.25, -0.2) is 8.42 Å². The van der Waals surface area contributed by atoms with Crippen molar-refractivity contribution < 1.29 is 8.42 Å². The van der Waals surface area contributed by atoms with Gasteiger partial charge < -0.3 is 9.88 Å². The molecule has 1 aromatic heterocycles. The van der Waals surface area contributed by atoms with E-state index >= 15 is 0 Å². The van der Waals surface area contributed by atoms with E-state index in [2.05, 4.69) is 40.3 Å². The number of nitrogens with zero attached hydrogens (tertiary/aromatic N) is 2. The van der Waals surface area contributed by atoms with Crippen molar-refractivity contribution in [3.05, 3.63) is 77.6 Å². The summed E-state index contributed by atoms with van der Waals surface area (Å²) >= 11 is 0. The minimum Gasteiger partial charge on any atom is -0.372 e. The highest BCUT2D eigenvalue weighted by Gasteiger charge is 2.43. The third kappa shape index (κ3) is 2.81. The van der Waals surface area contributed by atoms with Crippen LogP contribution < -0.4 is 5.32 Å². The molecule has 5 nitrogen and oxygen atoms in total. The van der Waals surface area contributed by atoms with E-state index in [0.717, 1.165) is 35.3 Å². The maximum Gasteiger partial charge on any atom is 0.243 e. The Balaban J connectivity index is 1.46. The monoisotopic (exact) mass is 407 g/mol. The lowest BCUT2D eigenvalue weighted by atomic mass is 9.83. The molecule has 1 saturated heterocycles. The van der Waals surface area contributed by atoms with Crippen molar-refractivity contribution in [1.29, 1.82) is 0 Å². The lowest BCUT2D eigenvalue weighted by Gasteiger charge is -2.46. The Morgan fingerprint density at radius 2 is 1.72 bits per heavy atom. The van der Waals surface area contributed by atoms with Crippen molar-refractivity contribution in [3.63, 3.8) is 0 Å². The van der Waals surface area contributed by atoms with Gasteiger partial charge in [0.25, 0.3) is 0 Å². The average Bonchev–Trinajstić information content (AvgIpc) is 3.22. The van der Waals surface area contributed by atoms with Crippen LogP contribution in [0.2, 0.25) is 0 Å². The first kappa shape index (κ1) is 18.5. The molecule has 150 valence electrons. The predicted octanol–water partition coefficient (Wildman–Crippen LogP) is 4.20. The van der Waals surface area contributed by atoms with Crippen LogP contribution in [0.1, 0.15) is 29.7 Å². The number of para-hydroxylation sites is 2. The first-order valence-corrected chi connectivity index (χ1v) is 11.5. The molecule has 2 aliphatic heterocycles. The highest BCUT2D eigenvalue weighted by Crippen LogP contribution is 2.44. The third-order valence-electron chi connectivity index (χ3n) is 6.31. The predicted molar refractivity (Wildman–Crippen MR) is 115 cm³/mol. The lowest BCUT2D eigenvalue weighted by molar-refractivity contribution is 0.247. The minimum atomic E-state index is -3.50. The molecular weight excluding hydrogens is 382 g/mol. The van der Waals surface area contributed by atoms with E-state index in [4.69, 9.17) is 0 Å². The summed E-state index contributed by atoms with van der Waals surface area (Å²) in [5.41, 5.74) is 4.97. The Labute approximate surface area is 172 Å². The van der Waals surface area contributed by atoms with E-state index in [9.17, 15) is 8.42 Å². The minimum absolute atomic E-state index is 0.245. The largest absolute Gasteiger partial charge is 0.372 e. The maximum absolute atomic E-state index is 13.3. The molecular formula is C23H25N3O2S. The zero-order chi connectivity index (χ0) is 20.2. The number of rotatable bonds is 2. The second kappa shape index (κ2) is 6.47. The van der Waals surface area contributed by atoms with Crippen LogP contribution in [0.5, 0.6) is 0 Å². The summed E-state index contributed by atoms with van der Waals surface area (Å²) in [7, 11) is -3.50. The topological polar surface area (TPSA) is 54.3 Å². The van der Waals surface area contributed by atoms with Gasteiger partial charge in [0.15, 0.2) is 0 Å². The van der Waals surface area contributed by atoms with Gasteiger partial charge in [-0.05, 0) is 68.1 Å². The molecule has 3 aromatic rings. The Hall–Kier alpha value is -2.57. The molecule has 0 saturated carbocycles. The van der Waals surface area contributed by atoms with E-state index in [1.54, 1.807) is 10.4 Å². The number of sulfonamides is 1. The molecule has 0 amide bonds. The summed E-state index contributed by atoms with van der Waals surface area (Å²) in [6.45, 7) is 4.79. The van der Waals surface area contributed by atoms with Crippen molar-refractivity contribution in [2.45, 2.75) is 37.1 Å². The molecule has 1 spiro atoms.